The molecule has 1 amide bonds. The summed E-state index contributed by atoms with van der Waals surface area (Å²) in [5, 5.41) is 9.37. The number of thiophene rings is 1. The molecule has 0 bridgehead atoms. The third-order valence-electron chi connectivity index (χ3n) is 3.31. The van der Waals surface area contributed by atoms with Crippen LogP contribution in [0.15, 0.2) is 0 Å². The monoisotopic (exact) mass is 302 g/mol. The number of halogens is 3. The van der Waals surface area contributed by atoms with Gasteiger partial charge in [-0.1, -0.05) is 0 Å². The van der Waals surface area contributed by atoms with Gasteiger partial charge < -0.3 is 0 Å². The van der Waals surface area contributed by atoms with E-state index in [9.17, 15) is 23.2 Å². The molecular weight excluding hydrogens is 289 g/mol. The fourth-order valence-electron chi connectivity index (χ4n) is 2.39. The molecule has 1 aromatic rings. The van der Waals surface area contributed by atoms with Gasteiger partial charge in [0.2, 0.25) is 0 Å². The van der Waals surface area contributed by atoms with E-state index in [2.05, 4.69) is 0 Å². The predicted octanol–water partition coefficient (Wildman–Crippen LogP) is 3.41. The molecule has 1 aliphatic rings. The molecule has 1 aromatic heterocycles. The molecule has 1 aliphatic carbocycles. The molecule has 0 fully saturated rings. The van der Waals surface area contributed by atoms with Gasteiger partial charge in [-0.3, -0.25) is 9.69 Å². The Morgan fingerprint density at radius 1 is 1.40 bits per heavy atom. The number of carbonyl (C=O) groups excluding carboxylic acids is 1. The second-order valence-corrected chi connectivity index (χ2v) is 5.63. The maximum atomic E-state index is 12.6. The maximum absolute atomic E-state index is 12.6. The van der Waals surface area contributed by atoms with Crippen molar-refractivity contribution in [3.05, 3.63) is 16.0 Å². The van der Waals surface area contributed by atoms with Crippen molar-refractivity contribution in [2.24, 2.45) is 0 Å². The topological polar surface area (TPSA) is 44.1 Å². The summed E-state index contributed by atoms with van der Waals surface area (Å²) in [4.78, 5) is 13.1. The van der Waals surface area contributed by atoms with Crippen molar-refractivity contribution in [1.82, 2.24) is 0 Å². The van der Waals surface area contributed by atoms with Crippen LogP contribution in [0.4, 0.5) is 18.2 Å². The third kappa shape index (κ3) is 2.52. The molecule has 20 heavy (non-hydrogen) atoms. The third-order valence-corrected chi connectivity index (χ3v) is 4.63. The molecule has 0 N–H and O–H groups in total. The number of alkyl halides is 3. The minimum atomic E-state index is -4.92. The molecule has 0 spiro atoms. The van der Waals surface area contributed by atoms with Gasteiger partial charge in [0.05, 0.1) is 5.56 Å². The van der Waals surface area contributed by atoms with Crippen LogP contribution in [0.2, 0.25) is 0 Å². The number of amides is 1. The Hall–Kier alpha value is -1.55. The van der Waals surface area contributed by atoms with Crippen LogP contribution in [0.1, 0.15) is 35.8 Å². The van der Waals surface area contributed by atoms with E-state index in [1.807, 2.05) is 6.07 Å². The van der Waals surface area contributed by atoms with Crippen LogP contribution < -0.4 is 4.90 Å². The second kappa shape index (κ2) is 5.44. The van der Waals surface area contributed by atoms with E-state index in [0.29, 0.717) is 11.3 Å². The smallest absolute Gasteiger partial charge is 0.295 e. The van der Waals surface area contributed by atoms with E-state index in [4.69, 9.17) is 0 Å². The molecule has 3 nitrogen and oxygen atoms in total. The van der Waals surface area contributed by atoms with Gasteiger partial charge in [0.15, 0.2) is 0 Å². The Bertz CT molecular complexity index is 571. The lowest BCUT2D eigenvalue weighted by Gasteiger charge is -2.20. The van der Waals surface area contributed by atoms with Gasteiger partial charge in [-0.2, -0.15) is 18.4 Å². The normalized spacial score (nSPS) is 14.6. The number of anilines is 1. The number of hydrogen-bond acceptors (Lipinski definition) is 3. The van der Waals surface area contributed by atoms with Crippen LogP contribution in [-0.2, 0) is 17.6 Å². The minimum absolute atomic E-state index is 0.105. The Balaban J connectivity index is 2.48. The summed E-state index contributed by atoms with van der Waals surface area (Å²) < 4.78 is 37.9. The zero-order valence-electron chi connectivity index (χ0n) is 10.9. The van der Waals surface area contributed by atoms with Crippen molar-refractivity contribution in [3.8, 4) is 6.07 Å². The maximum Gasteiger partial charge on any atom is 0.471 e. The lowest BCUT2D eigenvalue weighted by molar-refractivity contribution is -0.170. The zero-order valence-corrected chi connectivity index (χ0v) is 11.7. The summed E-state index contributed by atoms with van der Waals surface area (Å²) >= 11 is 1.15. The summed E-state index contributed by atoms with van der Waals surface area (Å²) in [6.07, 6.45) is -1.56. The minimum Gasteiger partial charge on any atom is -0.295 e. The first-order valence-electron chi connectivity index (χ1n) is 6.33. The summed E-state index contributed by atoms with van der Waals surface area (Å²) in [6.45, 7) is 1.37. The Morgan fingerprint density at radius 2 is 2.05 bits per heavy atom. The molecule has 0 saturated carbocycles. The van der Waals surface area contributed by atoms with E-state index in [1.165, 1.54) is 6.92 Å². The van der Waals surface area contributed by atoms with E-state index < -0.39 is 12.1 Å². The fraction of sp³-hybridized carbons (Fsp3) is 0.538. The van der Waals surface area contributed by atoms with Crippen molar-refractivity contribution in [2.45, 2.75) is 38.8 Å². The predicted molar refractivity (Wildman–Crippen MR) is 69.8 cm³/mol. The highest BCUT2D eigenvalue weighted by Crippen LogP contribution is 2.40. The molecule has 108 valence electrons. The highest BCUT2D eigenvalue weighted by atomic mass is 32.1. The molecule has 0 radical (unpaired) electrons. The second-order valence-electron chi connectivity index (χ2n) is 4.55. The van der Waals surface area contributed by atoms with Gasteiger partial charge in [-0.05, 0) is 38.2 Å². The van der Waals surface area contributed by atoms with Gasteiger partial charge >= 0.3 is 12.1 Å². The van der Waals surface area contributed by atoms with E-state index in [-0.39, 0.29) is 17.1 Å². The largest absolute Gasteiger partial charge is 0.471 e. The number of rotatable bonds is 2. The molecule has 7 heteroatoms. The van der Waals surface area contributed by atoms with Gasteiger partial charge in [-0.25, -0.2) is 0 Å². The Kier molecular flexibility index (Phi) is 4.04. The summed E-state index contributed by atoms with van der Waals surface area (Å²) in [5.41, 5.74) is 1.07. The number of carbonyl (C=O) groups is 1. The van der Waals surface area contributed by atoms with Crippen molar-refractivity contribution in [3.63, 3.8) is 0 Å². The molecule has 0 saturated heterocycles. The van der Waals surface area contributed by atoms with Crippen LogP contribution in [0.3, 0.4) is 0 Å². The number of aryl methyl sites for hydroxylation is 1. The average molecular weight is 302 g/mol. The van der Waals surface area contributed by atoms with Crippen LogP contribution in [0, 0.1) is 11.3 Å². The standard InChI is InChI=1S/C13H13F3N2OS/c1-2-18(12(19)13(14,15)16)11-9(7-17)8-5-3-4-6-10(8)20-11/h2-6H2,1H3. The number of fused-ring (bicyclic) bond motifs is 1. The van der Waals surface area contributed by atoms with Crippen LogP contribution in [0.5, 0.6) is 0 Å². The van der Waals surface area contributed by atoms with E-state index >= 15 is 0 Å². The molecule has 0 atom stereocenters. The van der Waals surface area contributed by atoms with Crippen molar-refractivity contribution in [1.29, 1.82) is 5.26 Å². The first-order valence-corrected chi connectivity index (χ1v) is 7.15. The van der Waals surface area contributed by atoms with Gasteiger partial charge in [0.25, 0.3) is 0 Å². The van der Waals surface area contributed by atoms with Gasteiger partial charge in [0, 0.05) is 11.4 Å². The number of nitriles is 1. The van der Waals surface area contributed by atoms with Crippen molar-refractivity contribution >= 4 is 22.2 Å². The lowest BCUT2D eigenvalue weighted by atomic mass is 9.96. The van der Waals surface area contributed by atoms with Crippen LogP contribution in [-0.4, -0.2) is 18.6 Å². The highest BCUT2D eigenvalue weighted by Gasteiger charge is 2.44. The lowest BCUT2D eigenvalue weighted by Crippen LogP contribution is -2.41. The Morgan fingerprint density at radius 3 is 2.60 bits per heavy atom. The molecule has 2 rings (SSSR count). The Labute approximate surface area is 118 Å². The first kappa shape index (κ1) is 14.9. The van der Waals surface area contributed by atoms with E-state index in [0.717, 1.165) is 41.0 Å². The summed E-state index contributed by atoms with van der Waals surface area (Å²) in [7, 11) is 0. The fourth-order valence-corrected chi connectivity index (χ4v) is 3.79. The van der Waals surface area contributed by atoms with Crippen LogP contribution >= 0.6 is 11.3 Å². The highest BCUT2D eigenvalue weighted by molar-refractivity contribution is 7.16. The summed E-state index contributed by atoms with van der Waals surface area (Å²) in [6, 6.07) is 1.97. The summed E-state index contributed by atoms with van der Waals surface area (Å²) in [5.74, 6) is -1.91. The van der Waals surface area contributed by atoms with Crippen LogP contribution in [0.25, 0.3) is 0 Å². The van der Waals surface area contributed by atoms with Crippen molar-refractivity contribution in [2.75, 3.05) is 11.4 Å². The zero-order chi connectivity index (χ0) is 14.9. The molecular formula is C13H13F3N2OS. The molecule has 0 unspecified atom stereocenters. The first-order chi connectivity index (χ1) is 9.40. The van der Waals surface area contributed by atoms with E-state index in [1.54, 1.807) is 0 Å². The quantitative estimate of drug-likeness (QED) is 0.840. The molecule has 0 aliphatic heterocycles. The average Bonchev–Trinajstić information content (AvgIpc) is 2.76. The number of nitrogens with zero attached hydrogens (tertiary/aromatic N) is 2. The van der Waals surface area contributed by atoms with Crippen molar-refractivity contribution < 1.29 is 18.0 Å². The molecule has 1 heterocycles. The van der Waals surface area contributed by atoms with Gasteiger partial charge in [-0.15, -0.1) is 11.3 Å². The number of hydrogen-bond donors (Lipinski definition) is 0. The SMILES string of the molecule is CCN(C(=O)C(F)(F)F)c1sc2c(c1C#N)CCCC2. The van der Waals surface area contributed by atoms with Gasteiger partial charge in [0.1, 0.15) is 11.1 Å². The molecule has 0 aromatic carbocycles.